The normalized spacial score (nSPS) is 11.7. The Hall–Kier alpha value is -3.04. The number of phenolic OH excluding ortho intramolecular Hbond substituents is 1. The predicted octanol–water partition coefficient (Wildman–Crippen LogP) is 5.36. The third kappa shape index (κ3) is 3.98. The van der Waals surface area contributed by atoms with Gasteiger partial charge in [-0.1, -0.05) is 19.1 Å². The first-order valence-electron chi connectivity index (χ1n) is 9.56. The first-order chi connectivity index (χ1) is 14.7. The number of thiophene rings is 1. The highest BCUT2D eigenvalue weighted by molar-refractivity contribution is 7.91. The number of sulfone groups is 1. The molecule has 2 N–H and O–H groups in total. The van der Waals surface area contributed by atoms with Gasteiger partial charge in [-0.25, -0.2) is 22.8 Å². The monoisotopic (exact) mass is 457 g/mol. The van der Waals surface area contributed by atoms with Crippen LogP contribution in [0.1, 0.15) is 17.6 Å². The molecule has 2 aromatic heterocycles. The SMILES string of the molecule is CCS(=O)(=O)c1ccc(O)c(Nc2nc(C)nc3sc(C)c(-c4ccc(F)cc4)c23)c1. The van der Waals surface area contributed by atoms with E-state index in [0.717, 1.165) is 26.2 Å². The summed E-state index contributed by atoms with van der Waals surface area (Å²) >= 11 is 1.49. The summed E-state index contributed by atoms with van der Waals surface area (Å²) < 4.78 is 38.0. The molecule has 0 saturated heterocycles. The summed E-state index contributed by atoms with van der Waals surface area (Å²) in [5, 5.41) is 14.2. The van der Waals surface area contributed by atoms with Crippen LogP contribution in [-0.2, 0) is 9.84 Å². The van der Waals surface area contributed by atoms with Gasteiger partial charge < -0.3 is 10.4 Å². The molecule has 0 aliphatic carbocycles. The van der Waals surface area contributed by atoms with Crippen LogP contribution in [0.5, 0.6) is 5.75 Å². The van der Waals surface area contributed by atoms with Gasteiger partial charge in [0.15, 0.2) is 9.84 Å². The Morgan fingerprint density at radius 3 is 2.48 bits per heavy atom. The minimum Gasteiger partial charge on any atom is -0.506 e. The number of anilines is 2. The molecule has 0 radical (unpaired) electrons. The second-order valence-corrected chi connectivity index (χ2v) is 10.5. The van der Waals surface area contributed by atoms with Crippen LogP contribution < -0.4 is 5.32 Å². The van der Waals surface area contributed by atoms with Crippen molar-refractivity contribution in [1.29, 1.82) is 0 Å². The van der Waals surface area contributed by atoms with Crippen molar-refractivity contribution < 1.29 is 17.9 Å². The number of nitrogens with zero attached hydrogens (tertiary/aromatic N) is 2. The number of hydrogen-bond donors (Lipinski definition) is 2. The first-order valence-corrected chi connectivity index (χ1v) is 12.0. The molecule has 160 valence electrons. The predicted molar refractivity (Wildman–Crippen MR) is 121 cm³/mol. The van der Waals surface area contributed by atoms with Crippen LogP contribution in [-0.4, -0.2) is 29.2 Å². The first kappa shape index (κ1) is 21.2. The average molecular weight is 458 g/mol. The van der Waals surface area contributed by atoms with E-state index in [1.54, 1.807) is 26.0 Å². The van der Waals surface area contributed by atoms with E-state index in [-0.39, 0.29) is 27.9 Å². The lowest BCUT2D eigenvalue weighted by atomic mass is 10.0. The molecule has 4 aromatic rings. The van der Waals surface area contributed by atoms with Crippen LogP contribution in [0.4, 0.5) is 15.9 Å². The molecule has 0 aliphatic rings. The highest BCUT2D eigenvalue weighted by atomic mass is 32.2. The molecular formula is C22H20FN3O3S2. The maximum atomic E-state index is 13.5. The number of hydrogen-bond acceptors (Lipinski definition) is 7. The van der Waals surface area contributed by atoms with Crippen LogP contribution in [0.2, 0.25) is 0 Å². The third-order valence-corrected chi connectivity index (χ3v) is 7.66. The van der Waals surface area contributed by atoms with Gasteiger partial charge in [-0.05, 0) is 49.7 Å². The number of fused-ring (bicyclic) bond motifs is 1. The number of rotatable bonds is 5. The Bertz CT molecular complexity index is 1400. The smallest absolute Gasteiger partial charge is 0.178 e. The highest BCUT2D eigenvalue weighted by Crippen LogP contribution is 2.42. The van der Waals surface area contributed by atoms with E-state index in [2.05, 4.69) is 15.3 Å². The van der Waals surface area contributed by atoms with Crippen molar-refractivity contribution >= 4 is 42.9 Å². The van der Waals surface area contributed by atoms with Gasteiger partial charge in [0.2, 0.25) is 0 Å². The molecule has 6 nitrogen and oxygen atoms in total. The van der Waals surface area contributed by atoms with Crippen molar-refractivity contribution in [3.8, 4) is 16.9 Å². The highest BCUT2D eigenvalue weighted by Gasteiger charge is 2.20. The van der Waals surface area contributed by atoms with Gasteiger partial charge in [-0.3, -0.25) is 0 Å². The molecule has 0 unspecified atom stereocenters. The molecule has 0 fully saturated rings. The molecule has 4 rings (SSSR count). The molecule has 0 amide bonds. The fourth-order valence-corrected chi connectivity index (χ4v) is 5.37. The van der Waals surface area contributed by atoms with Gasteiger partial charge in [-0.15, -0.1) is 11.3 Å². The lowest BCUT2D eigenvalue weighted by molar-refractivity contribution is 0.477. The van der Waals surface area contributed by atoms with E-state index in [9.17, 15) is 17.9 Å². The molecule has 0 atom stereocenters. The van der Waals surface area contributed by atoms with E-state index in [1.807, 2.05) is 6.92 Å². The zero-order valence-electron chi connectivity index (χ0n) is 17.1. The Labute approximate surface area is 183 Å². The van der Waals surface area contributed by atoms with Crippen molar-refractivity contribution in [1.82, 2.24) is 9.97 Å². The molecule has 0 saturated carbocycles. The van der Waals surface area contributed by atoms with E-state index in [0.29, 0.717) is 11.6 Å². The van der Waals surface area contributed by atoms with E-state index in [1.165, 1.54) is 41.7 Å². The number of nitrogens with one attached hydrogen (secondary N) is 1. The third-order valence-electron chi connectivity index (χ3n) is 4.93. The standard InChI is InChI=1S/C22H20FN3O3S2/c1-4-31(28,29)16-9-10-18(27)17(11-16)26-21-20-19(14-5-7-15(23)8-6-14)12(2)30-22(20)25-13(3)24-21/h5-11,27H,4H2,1-3H3,(H,24,25,26). The van der Waals surface area contributed by atoms with Crippen molar-refractivity contribution in [3.05, 3.63) is 59.0 Å². The van der Waals surface area contributed by atoms with Crippen molar-refractivity contribution in [3.63, 3.8) is 0 Å². The molecule has 9 heteroatoms. The number of benzene rings is 2. The van der Waals surface area contributed by atoms with Gasteiger partial charge in [-0.2, -0.15) is 0 Å². The van der Waals surface area contributed by atoms with Gasteiger partial charge in [0.05, 0.1) is 21.7 Å². The molecule has 0 bridgehead atoms. The van der Waals surface area contributed by atoms with Crippen LogP contribution in [0.3, 0.4) is 0 Å². The second kappa shape index (κ2) is 7.90. The van der Waals surface area contributed by atoms with Crippen molar-refractivity contribution in [2.45, 2.75) is 25.7 Å². The number of aromatic nitrogens is 2. The van der Waals surface area contributed by atoms with Crippen LogP contribution in [0.15, 0.2) is 47.4 Å². The summed E-state index contributed by atoms with van der Waals surface area (Å²) in [5.74, 6) is 0.484. The Morgan fingerprint density at radius 1 is 1.10 bits per heavy atom. The molecular weight excluding hydrogens is 437 g/mol. The Balaban J connectivity index is 1.91. The quantitative estimate of drug-likeness (QED) is 0.392. The Kier molecular flexibility index (Phi) is 5.40. The molecule has 0 aliphatic heterocycles. The van der Waals surface area contributed by atoms with E-state index in [4.69, 9.17) is 0 Å². The maximum absolute atomic E-state index is 13.5. The summed E-state index contributed by atoms with van der Waals surface area (Å²) in [7, 11) is -3.45. The fourth-order valence-electron chi connectivity index (χ4n) is 3.38. The number of halogens is 1. The zero-order chi connectivity index (χ0) is 22.3. The van der Waals surface area contributed by atoms with Crippen LogP contribution in [0.25, 0.3) is 21.3 Å². The summed E-state index contributed by atoms with van der Waals surface area (Å²) in [6.07, 6.45) is 0. The van der Waals surface area contributed by atoms with Gasteiger partial charge in [0.25, 0.3) is 0 Å². The summed E-state index contributed by atoms with van der Waals surface area (Å²) in [5.41, 5.74) is 1.90. The van der Waals surface area contributed by atoms with Crippen molar-refractivity contribution in [2.24, 2.45) is 0 Å². The molecule has 0 spiro atoms. The summed E-state index contributed by atoms with van der Waals surface area (Å²) in [4.78, 5) is 10.9. The summed E-state index contributed by atoms with van der Waals surface area (Å²) in [6.45, 7) is 5.28. The number of phenols is 1. The van der Waals surface area contributed by atoms with Gasteiger partial charge >= 0.3 is 0 Å². The van der Waals surface area contributed by atoms with E-state index < -0.39 is 9.84 Å². The van der Waals surface area contributed by atoms with Gasteiger partial charge in [0.1, 0.15) is 28.0 Å². The zero-order valence-corrected chi connectivity index (χ0v) is 18.7. The molecule has 31 heavy (non-hydrogen) atoms. The fraction of sp³-hybridized carbons (Fsp3) is 0.182. The maximum Gasteiger partial charge on any atom is 0.178 e. The topological polar surface area (TPSA) is 92.2 Å². The number of aryl methyl sites for hydroxylation is 2. The Morgan fingerprint density at radius 2 is 1.81 bits per heavy atom. The van der Waals surface area contributed by atoms with Crippen LogP contribution in [0, 0.1) is 19.7 Å². The molecule has 2 heterocycles. The van der Waals surface area contributed by atoms with Crippen LogP contribution >= 0.6 is 11.3 Å². The summed E-state index contributed by atoms with van der Waals surface area (Å²) in [6, 6.07) is 10.3. The van der Waals surface area contributed by atoms with Gasteiger partial charge in [0, 0.05) is 10.4 Å². The van der Waals surface area contributed by atoms with E-state index >= 15 is 0 Å². The minimum atomic E-state index is -3.45. The van der Waals surface area contributed by atoms with Crippen molar-refractivity contribution in [2.75, 3.05) is 11.1 Å². The second-order valence-electron chi connectivity index (χ2n) is 7.05. The largest absolute Gasteiger partial charge is 0.506 e. The molecule has 2 aromatic carbocycles. The average Bonchev–Trinajstić information content (AvgIpc) is 3.05. The number of aromatic hydroxyl groups is 1. The lowest BCUT2D eigenvalue weighted by Gasteiger charge is -2.13. The minimum absolute atomic E-state index is 0.0491. The lowest BCUT2D eigenvalue weighted by Crippen LogP contribution is -2.05.